The lowest BCUT2D eigenvalue weighted by atomic mass is 10.1. The Morgan fingerprint density at radius 3 is 1.86 bits per heavy atom. The van der Waals surface area contributed by atoms with Crippen molar-refractivity contribution in [1.29, 1.82) is 0 Å². The average Bonchev–Trinajstić information content (AvgIpc) is 3.61. The maximum Gasteiger partial charge on any atom is 0.0640 e. The van der Waals surface area contributed by atoms with Crippen molar-refractivity contribution in [2.75, 3.05) is 4.90 Å². The maximum atomic E-state index is 2.44. The third-order valence-electron chi connectivity index (χ3n) is 8.56. The van der Waals surface area contributed by atoms with Crippen LogP contribution in [0.1, 0.15) is 0 Å². The SMILES string of the molecule is c1ccc(N(c2ccc3sc4c(-n5c6ccccc6c6ccccc65)cccc4c3c2)c2cccc3ccccc23)cc1. The zero-order valence-corrected chi connectivity index (χ0v) is 24.1. The summed E-state index contributed by atoms with van der Waals surface area (Å²) in [5.41, 5.74) is 7.17. The number of benzene rings is 7. The Hall–Kier alpha value is -5.38. The van der Waals surface area contributed by atoms with Crippen molar-refractivity contribution in [3.8, 4) is 5.69 Å². The molecule has 7 aromatic carbocycles. The third kappa shape index (κ3) is 3.72. The minimum Gasteiger partial charge on any atom is -0.310 e. The van der Waals surface area contributed by atoms with Gasteiger partial charge >= 0.3 is 0 Å². The summed E-state index contributed by atoms with van der Waals surface area (Å²) in [7, 11) is 0. The van der Waals surface area contributed by atoms with E-state index in [0.29, 0.717) is 0 Å². The highest BCUT2D eigenvalue weighted by Gasteiger charge is 2.19. The second kappa shape index (κ2) is 9.59. The molecule has 0 atom stereocenters. The largest absolute Gasteiger partial charge is 0.310 e. The highest BCUT2D eigenvalue weighted by molar-refractivity contribution is 7.26. The average molecular weight is 567 g/mol. The molecule has 9 rings (SSSR count). The van der Waals surface area contributed by atoms with Gasteiger partial charge in [-0.05, 0) is 60.0 Å². The summed E-state index contributed by atoms with van der Waals surface area (Å²) in [6.45, 7) is 0. The van der Waals surface area contributed by atoms with Crippen LogP contribution < -0.4 is 4.90 Å². The molecule has 2 aromatic heterocycles. The van der Waals surface area contributed by atoms with E-state index in [9.17, 15) is 0 Å². The van der Waals surface area contributed by atoms with E-state index < -0.39 is 0 Å². The van der Waals surface area contributed by atoms with Crippen LogP contribution in [0.4, 0.5) is 17.1 Å². The van der Waals surface area contributed by atoms with E-state index in [1.165, 1.54) is 64.1 Å². The van der Waals surface area contributed by atoms with Crippen LogP contribution in [0, 0.1) is 0 Å². The molecule has 0 bridgehead atoms. The van der Waals surface area contributed by atoms with Gasteiger partial charge in [0, 0.05) is 43.0 Å². The number of para-hydroxylation sites is 3. The molecule has 202 valence electrons. The fraction of sp³-hybridized carbons (Fsp3) is 0. The van der Waals surface area contributed by atoms with E-state index in [0.717, 1.165) is 11.4 Å². The number of anilines is 3. The summed E-state index contributed by atoms with van der Waals surface area (Å²) in [5, 5.41) is 7.60. The monoisotopic (exact) mass is 566 g/mol. The zero-order valence-electron chi connectivity index (χ0n) is 23.3. The molecule has 0 aliphatic rings. The molecule has 0 unspecified atom stereocenters. The second-order valence-corrected chi connectivity index (χ2v) is 12.0. The molecule has 0 aliphatic carbocycles. The van der Waals surface area contributed by atoms with Crippen LogP contribution in [0.5, 0.6) is 0 Å². The molecule has 3 heteroatoms. The number of aromatic nitrogens is 1. The van der Waals surface area contributed by atoms with Gasteiger partial charge < -0.3 is 9.47 Å². The Morgan fingerprint density at radius 1 is 0.442 bits per heavy atom. The molecule has 2 nitrogen and oxygen atoms in total. The normalized spacial score (nSPS) is 11.7. The number of rotatable bonds is 4. The lowest BCUT2D eigenvalue weighted by Gasteiger charge is -2.27. The molecule has 0 saturated carbocycles. The fourth-order valence-electron chi connectivity index (χ4n) is 6.68. The molecular weight excluding hydrogens is 541 g/mol. The molecule has 2 heterocycles. The van der Waals surface area contributed by atoms with Crippen LogP contribution in [0.15, 0.2) is 158 Å². The Kier molecular flexibility index (Phi) is 5.40. The minimum atomic E-state index is 1.14. The number of hydrogen-bond acceptors (Lipinski definition) is 2. The third-order valence-corrected chi connectivity index (χ3v) is 9.77. The number of nitrogens with zero attached hydrogens (tertiary/aromatic N) is 2. The van der Waals surface area contributed by atoms with Gasteiger partial charge in [0.05, 0.1) is 27.1 Å². The van der Waals surface area contributed by atoms with Gasteiger partial charge in [0.1, 0.15) is 0 Å². The topological polar surface area (TPSA) is 8.17 Å². The molecule has 0 amide bonds. The lowest BCUT2D eigenvalue weighted by Crippen LogP contribution is -2.10. The van der Waals surface area contributed by atoms with Crippen LogP contribution >= 0.6 is 11.3 Å². The van der Waals surface area contributed by atoms with Crippen molar-refractivity contribution in [2.24, 2.45) is 0 Å². The lowest BCUT2D eigenvalue weighted by molar-refractivity contribution is 1.20. The van der Waals surface area contributed by atoms with Crippen LogP contribution in [-0.4, -0.2) is 4.57 Å². The van der Waals surface area contributed by atoms with E-state index in [-0.39, 0.29) is 0 Å². The molecule has 0 N–H and O–H groups in total. The Bertz CT molecular complexity index is 2410. The maximum absolute atomic E-state index is 2.44. The van der Waals surface area contributed by atoms with E-state index in [4.69, 9.17) is 0 Å². The molecular formula is C40H26N2S. The summed E-state index contributed by atoms with van der Waals surface area (Å²) >= 11 is 1.88. The van der Waals surface area contributed by atoms with Crippen molar-refractivity contribution >= 4 is 81.1 Å². The molecule has 0 saturated heterocycles. The van der Waals surface area contributed by atoms with Gasteiger partial charge in [-0.3, -0.25) is 0 Å². The molecule has 0 fully saturated rings. The van der Waals surface area contributed by atoms with Gasteiger partial charge in [0.2, 0.25) is 0 Å². The smallest absolute Gasteiger partial charge is 0.0640 e. The summed E-state index contributed by atoms with van der Waals surface area (Å²) < 4.78 is 5.03. The highest BCUT2D eigenvalue weighted by atomic mass is 32.1. The van der Waals surface area contributed by atoms with E-state index in [1.54, 1.807) is 0 Å². The molecule has 9 aromatic rings. The van der Waals surface area contributed by atoms with Crippen LogP contribution in [0.3, 0.4) is 0 Å². The first-order valence-corrected chi connectivity index (χ1v) is 15.4. The van der Waals surface area contributed by atoms with E-state index in [1.807, 2.05) is 11.3 Å². The Labute approximate surface area is 253 Å². The van der Waals surface area contributed by atoms with Gasteiger partial charge in [0.15, 0.2) is 0 Å². The van der Waals surface area contributed by atoms with Crippen LogP contribution in [-0.2, 0) is 0 Å². The number of thiophene rings is 1. The van der Waals surface area contributed by atoms with Crippen molar-refractivity contribution in [3.05, 3.63) is 158 Å². The summed E-state index contributed by atoms with van der Waals surface area (Å²) in [6.07, 6.45) is 0. The van der Waals surface area contributed by atoms with Gasteiger partial charge in [-0.25, -0.2) is 0 Å². The van der Waals surface area contributed by atoms with Gasteiger partial charge in [-0.15, -0.1) is 11.3 Å². The fourth-order valence-corrected chi connectivity index (χ4v) is 7.86. The van der Waals surface area contributed by atoms with Crippen molar-refractivity contribution in [1.82, 2.24) is 4.57 Å². The van der Waals surface area contributed by atoms with Gasteiger partial charge in [0.25, 0.3) is 0 Å². The second-order valence-electron chi connectivity index (χ2n) is 11.0. The number of fused-ring (bicyclic) bond motifs is 7. The standard InChI is InChI=1S/C40H26N2S/c1-2-14-28(15-3-1)41(35-22-10-13-27-12-4-5-16-30(27)35)29-24-25-39-34(26-29)33-19-11-23-38(40(33)43-39)42-36-20-8-6-17-31(36)32-18-7-9-21-37(32)42/h1-26H. The molecule has 43 heavy (non-hydrogen) atoms. The van der Waals surface area contributed by atoms with Crippen LogP contribution in [0.25, 0.3) is 58.4 Å². The Morgan fingerprint density at radius 2 is 1.07 bits per heavy atom. The number of hydrogen-bond donors (Lipinski definition) is 0. The van der Waals surface area contributed by atoms with Crippen molar-refractivity contribution < 1.29 is 0 Å². The summed E-state index contributed by atoms with van der Waals surface area (Å²) in [4.78, 5) is 2.39. The quantitative estimate of drug-likeness (QED) is 0.206. The summed E-state index contributed by atoms with van der Waals surface area (Å²) in [5.74, 6) is 0. The van der Waals surface area contributed by atoms with E-state index in [2.05, 4.69) is 167 Å². The van der Waals surface area contributed by atoms with E-state index >= 15 is 0 Å². The highest BCUT2D eigenvalue weighted by Crippen LogP contribution is 2.44. The first kappa shape index (κ1) is 24.2. The first-order valence-electron chi connectivity index (χ1n) is 14.6. The minimum absolute atomic E-state index is 1.14. The molecule has 0 aliphatic heterocycles. The van der Waals surface area contributed by atoms with Gasteiger partial charge in [-0.2, -0.15) is 0 Å². The first-order chi connectivity index (χ1) is 21.3. The predicted octanol–water partition coefficient (Wildman–Crippen LogP) is 11.8. The predicted molar refractivity (Wildman–Crippen MR) is 186 cm³/mol. The van der Waals surface area contributed by atoms with Gasteiger partial charge in [-0.1, -0.05) is 103 Å². The molecule has 0 radical (unpaired) electrons. The summed E-state index contributed by atoms with van der Waals surface area (Å²) in [6, 6.07) is 57.1. The van der Waals surface area contributed by atoms with Crippen LogP contribution in [0.2, 0.25) is 0 Å². The van der Waals surface area contributed by atoms with Crippen molar-refractivity contribution in [2.45, 2.75) is 0 Å². The zero-order chi connectivity index (χ0) is 28.3. The molecule has 0 spiro atoms. The van der Waals surface area contributed by atoms with Crippen molar-refractivity contribution in [3.63, 3.8) is 0 Å². The Balaban J connectivity index is 1.30.